The molecule has 0 saturated heterocycles. The fourth-order valence-corrected chi connectivity index (χ4v) is 3.37. The second-order valence-electron chi connectivity index (χ2n) is 6.89. The molecule has 150 valence electrons. The molecule has 3 aromatic carbocycles. The van der Waals surface area contributed by atoms with Gasteiger partial charge in [0.15, 0.2) is 0 Å². The standard InChI is InChI=1S/C24H20ClN3O2/c25-20-13-11-18(12-14-20)22-15-21(26-16-17-7-3-1-4-8-17)23(29)27-28(22)24(30)19-9-5-2-6-10-19/h1-15,21,26H,16H2,(H,27,29). The summed E-state index contributed by atoms with van der Waals surface area (Å²) in [5.41, 5.74) is 5.65. The Morgan fingerprint density at radius 2 is 1.57 bits per heavy atom. The Labute approximate surface area is 179 Å². The zero-order chi connectivity index (χ0) is 20.9. The molecule has 0 bridgehead atoms. The van der Waals surface area contributed by atoms with Gasteiger partial charge < -0.3 is 0 Å². The molecule has 0 spiro atoms. The van der Waals surface area contributed by atoms with E-state index in [1.807, 2.05) is 48.5 Å². The molecule has 0 saturated carbocycles. The van der Waals surface area contributed by atoms with E-state index in [2.05, 4.69) is 10.7 Å². The van der Waals surface area contributed by atoms with Gasteiger partial charge >= 0.3 is 0 Å². The maximum atomic E-state index is 13.1. The number of halogens is 1. The topological polar surface area (TPSA) is 61.4 Å². The summed E-state index contributed by atoms with van der Waals surface area (Å²) in [6.45, 7) is 0.524. The number of carbonyl (C=O) groups is 2. The first-order valence-corrected chi connectivity index (χ1v) is 9.95. The first-order valence-electron chi connectivity index (χ1n) is 9.57. The molecule has 1 aliphatic heterocycles. The summed E-state index contributed by atoms with van der Waals surface area (Å²) in [6, 6.07) is 25.2. The highest BCUT2D eigenvalue weighted by Crippen LogP contribution is 2.25. The Morgan fingerprint density at radius 1 is 0.933 bits per heavy atom. The minimum Gasteiger partial charge on any atom is -0.298 e. The Bertz CT molecular complexity index is 1070. The number of benzene rings is 3. The third-order valence-corrected chi connectivity index (χ3v) is 5.05. The lowest BCUT2D eigenvalue weighted by Gasteiger charge is -2.33. The van der Waals surface area contributed by atoms with Crippen LogP contribution in [-0.2, 0) is 11.3 Å². The third kappa shape index (κ3) is 4.43. The zero-order valence-corrected chi connectivity index (χ0v) is 16.8. The average molecular weight is 418 g/mol. The monoisotopic (exact) mass is 417 g/mol. The van der Waals surface area contributed by atoms with Crippen LogP contribution in [-0.4, -0.2) is 22.9 Å². The van der Waals surface area contributed by atoms with Gasteiger partial charge in [-0.2, -0.15) is 0 Å². The summed E-state index contributed by atoms with van der Waals surface area (Å²) in [7, 11) is 0. The molecule has 2 amide bonds. The molecule has 1 atom stereocenters. The number of hydrogen-bond acceptors (Lipinski definition) is 3. The molecule has 0 radical (unpaired) electrons. The predicted octanol–water partition coefficient (Wildman–Crippen LogP) is 4.03. The minimum atomic E-state index is -0.587. The zero-order valence-electron chi connectivity index (χ0n) is 16.1. The van der Waals surface area contributed by atoms with Crippen LogP contribution < -0.4 is 10.7 Å². The van der Waals surface area contributed by atoms with Gasteiger partial charge in [-0.05, 0) is 35.9 Å². The quantitative estimate of drug-likeness (QED) is 0.659. The summed E-state index contributed by atoms with van der Waals surface area (Å²) in [4.78, 5) is 25.9. The van der Waals surface area contributed by atoms with Crippen molar-refractivity contribution in [3.63, 3.8) is 0 Å². The lowest BCUT2D eigenvalue weighted by atomic mass is 10.0. The van der Waals surface area contributed by atoms with E-state index < -0.39 is 6.04 Å². The average Bonchev–Trinajstić information content (AvgIpc) is 2.79. The van der Waals surface area contributed by atoms with E-state index in [1.165, 1.54) is 5.01 Å². The summed E-state index contributed by atoms with van der Waals surface area (Å²) >= 11 is 6.03. The second-order valence-corrected chi connectivity index (χ2v) is 7.32. The lowest BCUT2D eigenvalue weighted by molar-refractivity contribution is -0.125. The first-order chi connectivity index (χ1) is 14.6. The summed E-state index contributed by atoms with van der Waals surface area (Å²) in [5.74, 6) is -0.611. The molecule has 5 nitrogen and oxygen atoms in total. The van der Waals surface area contributed by atoms with Gasteiger partial charge in [-0.25, -0.2) is 5.01 Å². The van der Waals surface area contributed by atoms with Gasteiger partial charge in [0.2, 0.25) is 0 Å². The lowest BCUT2D eigenvalue weighted by Crippen LogP contribution is -2.55. The van der Waals surface area contributed by atoms with Crippen molar-refractivity contribution in [3.8, 4) is 0 Å². The van der Waals surface area contributed by atoms with E-state index in [0.717, 1.165) is 11.1 Å². The third-order valence-electron chi connectivity index (χ3n) is 4.80. The van der Waals surface area contributed by atoms with Crippen LogP contribution in [0, 0.1) is 0 Å². The van der Waals surface area contributed by atoms with Crippen molar-refractivity contribution >= 4 is 29.1 Å². The molecule has 0 aromatic heterocycles. The number of hydrogen-bond donors (Lipinski definition) is 2. The number of carbonyl (C=O) groups excluding carboxylic acids is 2. The van der Waals surface area contributed by atoms with Gasteiger partial charge in [-0.3, -0.25) is 20.3 Å². The number of nitrogens with zero attached hydrogens (tertiary/aromatic N) is 1. The Balaban J connectivity index is 1.66. The van der Waals surface area contributed by atoms with Crippen LogP contribution in [0.25, 0.3) is 5.70 Å². The number of hydrazine groups is 1. The van der Waals surface area contributed by atoms with Crippen molar-refractivity contribution in [1.82, 2.24) is 15.8 Å². The van der Waals surface area contributed by atoms with Crippen molar-refractivity contribution in [2.24, 2.45) is 0 Å². The molecular formula is C24H20ClN3O2. The number of nitrogens with one attached hydrogen (secondary N) is 2. The fourth-order valence-electron chi connectivity index (χ4n) is 3.24. The van der Waals surface area contributed by atoms with Gasteiger partial charge in [0.05, 0.1) is 5.70 Å². The molecule has 2 N–H and O–H groups in total. The molecule has 3 aromatic rings. The molecule has 1 unspecified atom stereocenters. The van der Waals surface area contributed by atoms with E-state index in [0.29, 0.717) is 22.8 Å². The van der Waals surface area contributed by atoms with Gasteiger partial charge in [-0.15, -0.1) is 0 Å². The Morgan fingerprint density at radius 3 is 2.23 bits per heavy atom. The van der Waals surface area contributed by atoms with Crippen LogP contribution in [0.3, 0.4) is 0 Å². The van der Waals surface area contributed by atoms with E-state index in [1.54, 1.807) is 42.5 Å². The van der Waals surface area contributed by atoms with Crippen molar-refractivity contribution in [2.75, 3.05) is 0 Å². The van der Waals surface area contributed by atoms with Crippen molar-refractivity contribution in [2.45, 2.75) is 12.6 Å². The van der Waals surface area contributed by atoms with Crippen LogP contribution in [0.15, 0.2) is 91.0 Å². The van der Waals surface area contributed by atoms with Gasteiger partial charge in [0.25, 0.3) is 11.8 Å². The summed E-state index contributed by atoms with van der Waals surface area (Å²) in [5, 5.41) is 5.14. The number of rotatable bonds is 5. The van der Waals surface area contributed by atoms with Crippen LogP contribution in [0.4, 0.5) is 0 Å². The van der Waals surface area contributed by atoms with Crippen LogP contribution in [0.5, 0.6) is 0 Å². The smallest absolute Gasteiger partial charge is 0.277 e. The van der Waals surface area contributed by atoms with E-state index >= 15 is 0 Å². The molecule has 30 heavy (non-hydrogen) atoms. The highest BCUT2D eigenvalue weighted by molar-refractivity contribution is 6.30. The molecule has 0 aliphatic carbocycles. The van der Waals surface area contributed by atoms with Crippen molar-refractivity contribution in [3.05, 3.63) is 113 Å². The minimum absolute atomic E-state index is 0.298. The largest absolute Gasteiger partial charge is 0.298 e. The second kappa shape index (κ2) is 8.95. The van der Waals surface area contributed by atoms with Gasteiger partial charge in [0.1, 0.15) is 6.04 Å². The molecule has 1 heterocycles. The van der Waals surface area contributed by atoms with E-state index in [9.17, 15) is 9.59 Å². The van der Waals surface area contributed by atoms with E-state index in [4.69, 9.17) is 11.6 Å². The number of amides is 2. The normalized spacial score (nSPS) is 16.0. The maximum absolute atomic E-state index is 13.1. The molecule has 4 rings (SSSR count). The highest BCUT2D eigenvalue weighted by atomic mass is 35.5. The molecule has 6 heteroatoms. The summed E-state index contributed by atoms with van der Waals surface area (Å²) < 4.78 is 0. The Hall–Kier alpha value is -3.41. The first kappa shape index (κ1) is 19.9. The highest BCUT2D eigenvalue weighted by Gasteiger charge is 2.31. The van der Waals surface area contributed by atoms with Crippen LogP contribution in [0.2, 0.25) is 5.02 Å². The van der Waals surface area contributed by atoms with Crippen LogP contribution >= 0.6 is 11.6 Å². The molecule has 0 fully saturated rings. The Kier molecular flexibility index (Phi) is 5.93. The fraction of sp³-hybridized carbons (Fsp3) is 0.0833. The molecular weight excluding hydrogens is 398 g/mol. The van der Waals surface area contributed by atoms with Crippen molar-refractivity contribution in [1.29, 1.82) is 0 Å². The van der Waals surface area contributed by atoms with E-state index in [-0.39, 0.29) is 11.8 Å². The van der Waals surface area contributed by atoms with Gasteiger partial charge in [0, 0.05) is 22.7 Å². The van der Waals surface area contributed by atoms with Crippen molar-refractivity contribution < 1.29 is 9.59 Å². The van der Waals surface area contributed by atoms with Crippen LogP contribution in [0.1, 0.15) is 21.5 Å². The SMILES string of the molecule is O=C1NN(C(=O)c2ccccc2)C(c2ccc(Cl)cc2)=CC1NCc1ccccc1. The molecule has 1 aliphatic rings. The van der Waals surface area contributed by atoms with Gasteiger partial charge in [-0.1, -0.05) is 72.3 Å². The summed E-state index contributed by atoms with van der Waals surface area (Å²) in [6.07, 6.45) is 1.77. The predicted molar refractivity (Wildman–Crippen MR) is 117 cm³/mol. The maximum Gasteiger partial charge on any atom is 0.277 e.